The van der Waals surface area contributed by atoms with Gasteiger partial charge in [-0.25, -0.2) is 0 Å². The van der Waals surface area contributed by atoms with E-state index in [1.54, 1.807) is 37.3 Å². The Morgan fingerprint density at radius 2 is 1.73 bits per heavy atom. The van der Waals surface area contributed by atoms with E-state index < -0.39 is 45.2 Å². The molecule has 2 aromatic carbocycles. The molecule has 2 heterocycles. The Balaban J connectivity index is 1.53. The number of amides is 4. The number of alkyl halides is 2. The molecule has 0 bridgehead atoms. The lowest BCUT2D eigenvalue weighted by molar-refractivity contribution is -0.138. The lowest BCUT2D eigenvalue weighted by Gasteiger charge is -2.50. The van der Waals surface area contributed by atoms with Gasteiger partial charge in [-0.1, -0.05) is 23.8 Å². The summed E-state index contributed by atoms with van der Waals surface area (Å²) in [6.45, 7) is 2.06. The van der Waals surface area contributed by atoms with E-state index in [-0.39, 0.29) is 48.3 Å². The number of imide groups is 2. The number of ether oxygens (including phenoxy) is 1. The molecule has 0 aromatic heterocycles. The van der Waals surface area contributed by atoms with Crippen LogP contribution in [0.25, 0.3) is 0 Å². The van der Waals surface area contributed by atoms with Gasteiger partial charge < -0.3 is 9.84 Å². The number of aromatic hydroxyl groups is 1. The fourth-order valence-corrected chi connectivity index (χ4v) is 8.35. The smallest absolute Gasteiger partial charge is 0.253 e. The van der Waals surface area contributed by atoms with Gasteiger partial charge in [0, 0.05) is 22.1 Å². The molecule has 0 spiro atoms. The molecule has 2 saturated heterocycles. The fraction of sp³-hybridized carbons (Fsp3) is 0.379. The second-order valence-electron chi connectivity index (χ2n) is 10.6. The average molecular weight is 695 g/mol. The second kappa shape index (κ2) is 9.46. The average Bonchev–Trinajstić information content (AvgIpc) is 3.26. The molecule has 11 heteroatoms. The number of rotatable bonds is 4. The second-order valence-corrected chi connectivity index (χ2v) is 13.1. The molecule has 1 saturated carbocycles. The van der Waals surface area contributed by atoms with Crippen molar-refractivity contribution < 1.29 is 29.0 Å². The Morgan fingerprint density at radius 1 is 1.02 bits per heavy atom. The Kier molecular flexibility index (Phi) is 6.51. The minimum Gasteiger partial charge on any atom is -0.504 e. The minimum atomic E-state index is -1.97. The van der Waals surface area contributed by atoms with Crippen molar-refractivity contribution in [1.29, 1.82) is 0 Å². The quantitative estimate of drug-likeness (QED) is 0.218. The largest absolute Gasteiger partial charge is 0.504 e. The predicted octanol–water partition coefficient (Wildman–Crippen LogP) is 4.59. The normalized spacial score (nSPS) is 33.1. The van der Waals surface area contributed by atoms with Crippen LogP contribution in [0.3, 0.4) is 0 Å². The van der Waals surface area contributed by atoms with Gasteiger partial charge in [0.05, 0.1) is 24.1 Å². The van der Waals surface area contributed by atoms with Gasteiger partial charge in [-0.05, 0) is 78.6 Å². The summed E-state index contributed by atoms with van der Waals surface area (Å²) in [4.78, 5) is 53.1. The highest BCUT2D eigenvalue weighted by molar-refractivity contribution is 14.1. The number of benzene rings is 2. The van der Waals surface area contributed by atoms with Gasteiger partial charge in [0.15, 0.2) is 21.2 Å². The maximum Gasteiger partial charge on any atom is 0.253 e. The lowest BCUT2D eigenvalue weighted by Crippen LogP contribution is -2.60. The molecule has 1 N–H and O–H groups in total. The zero-order valence-electron chi connectivity index (χ0n) is 21.6. The third kappa shape index (κ3) is 3.49. The number of hydrogen-bond acceptors (Lipinski definition) is 6. The molecule has 40 heavy (non-hydrogen) atoms. The molecule has 208 valence electrons. The maximum absolute atomic E-state index is 14.0. The molecule has 4 amide bonds. The molecule has 4 aliphatic rings. The van der Waals surface area contributed by atoms with E-state index in [2.05, 4.69) is 22.6 Å². The van der Waals surface area contributed by atoms with E-state index in [9.17, 15) is 24.3 Å². The summed E-state index contributed by atoms with van der Waals surface area (Å²) in [5.74, 6) is -5.27. The topological polar surface area (TPSA) is 104 Å². The zero-order chi connectivity index (χ0) is 28.7. The van der Waals surface area contributed by atoms with Crippen molar-refractivity contribution in [3.8, 4) is 11.5 Å². The van der Waals surface area contributed by atoms with Crippen LogP contribution in [0.1, 0.15) is 31.2 Å². The molecule has 3 fully saturated rings. The van der Waals surface area contributed by atoms with Crippen LogP contribution in [0.4, 0.5) is 5.69 Å². The van der Waals surface area contributed by atoms with E-state index in [4.69, 9.17) is 27.9 Å². The van der Waals surface area contributed by atoms with Crippen LogP contribution in [0.5, 0.6) is 11.5 Å². The molecule has 6 atom stereocenters. The zero-order valence-corrected chi connectivity index (χ0v) is 25.2. The maximum atomic E-state index is 14.0. The number of hydrogen-bond donors (Lipinski definition) is 1. The number of likely N-dealkylation sites (tertiary alicyclic amines) is 1. The van der Waals surface area contributed by atoms with E-state index in [1.165, 1.54) is 11.9 Å². The summed E-state index contributed by atoms with van der Waals surface area (Å²) in [6.07, 6.45) is 1.97. The Morgan fingerprint density at radius 3 is 2.40 bits per heavy atom. The Hall–Kier alpha value is -2.63. The van der Waals surface area contributed by atoms with Crippen molar-refractivity contribution in [3.05, 3.63) is 63.2 Å². The molecular formula is C29H25Cl2IN2O6. The van der Waals surface area contributed by atoms with Crippen molar-refractivity contribution >= 4 is 75.1 Å². The first-order chi connectivity index (χ1) is 19.0. The molecule has 0 radical (unpaired) electrons. The summed E-state index contributed by atoms with van der Waals surface area (Å²) in [5, 5.41) is 11.3. The van der Waals surface area contributed by atoms with Crippen LogP contribution in [-0.2, 0) is 19.2 Å². The van der Waals surface area contributed by atoms with Crippen molar-refractivity contribution in [2.24, 2.45) is 17.8 Å². The van der Waals surface area contributed by atoms with Crippen LogP contribution in [0.15, 0.2) is 54.1 Å². The highest BCUT2D eigenvalue weighted by atomic mass is 127. The Labute approximate surface area is 254 Å². The van der Waals surface area contributed by atoms with Gasteiger partial charge in [-0.15, -0.1) is 23.2 Å². The molecule has 0 unspecified atom stereocenters. The molecular weight excluding hydrogens is 670 g/mol. The van der Waals surface area contributed by atoms with Crippen LogP contribution in [0.2, 0.25) is 0 Å². The van der Waals surface area contributed by atoms with E-state index in [0.29, 0.717) is 11.3 Å². The van der Waals surface area contributed by atoms with Gasteiger partial charge in [-0.2, -0.15) is 0 Å². The van der Waals surface area contributed by atoms with Crippen molar-refractivity contribution in [2.75, 3.05) is 18.6 Å². The van der Waals surface area contributed by atoms with Gasteiger partial charge in [0.2, 0.25) is 11.8 Å². The number of phenols is 1. The van der Waals surface area contributed by atoms with Crippen LogP contribution >= 0.6 is 45.8 Å². The third-order valence-corrected chi connectivity index (χ3v) is 10.9. The fourth-order valence-electron chi connectivity index (χ4n) is 6.98. The molecule has 6 rings (SSSR count). The van der Waals surface area contributed by atoms with Crippen molar-refractivity contribution in [3.63, 3.8) is 0 Å². The highest BCUT2D eigenvalue weighted by Crippen LogP contribution is 2.66. The van der Waals surface area contributed by atoms with Gasteiger partial charge in [0.1, 0.15) is 0 Å². The van der Waals surface area contributed by atoms with Gasteiger partial charge >= 0.3 is 0 Å². The first-order valence-corrected chi connectivity index (χ1v) is 14.8. The number of para-hydroxylation sites is 1. The number of halogens is 3. The number of carbonyl (C=O) groups is 4. The summed E-state index contributed by atoms with van der Waals surface area (Å²) in [5.41, 5.74) is 1.35. The van der Waals surface area contributed by atoms with Crippen molar-refractivity contribution in [2.45, 2.75) is 35.4 Å². The van der Waals surface area contributed by atoms with Gasteiger partial charge in [-0.3, -0.25) is 29.0 Å². The highest BCUT2D eigenvalue weighted by Gasteiger charge is 2.76. The predicted molar refractivity (Wildman–Crippen MR) is 156 cm³/mol. The first-order valence-electron chi connectivity index (χ1n) is 13.0. The van der Waals surface area contributed by atoms with Crippen LogP contribution in [0, 0.1) is 21.3 Å². The number of anilines is 1. The summed E-state index contributed by atoms with van der Waals surface area (Å²) in [7, 11) is 1.33. The van der Waals surface area contributed by atoms with E-state index in [1.807, 2.05) is 18.2 Å². The van der Waals surface area contributed by atoms with E-state index >= 15 is 0 Å². The minimum absolute atomic E-state index is 0.109. The molecule has 2 aliphatic heterocycles. The van der Waals surface area contributed by atoms with Crippen molar-refractivity contribution in [1.82, 2.24) is 4.90 Å². The number of nitrogens with zero attached hydrogens (tertiary/aromatic N) is 2. The van der Waals surface area contributed by atoms with E-state index in [0.717, 1.165) is 8.47 Å². The summed E-state index contributed by atoms with van der Waals surface area (Å²) in [6, 6.07) is 12.0. The lowest BCUT2D eigenvalue weighted by atomic mass is 9.56. The summed E-state index contributed by atoms with van der Waals surface area (Å²) < 4.78 is 6.56. The molecule has 2 aliphatic carbocycles. The third-order valence-electron chi connectivity index (χ3n) is 8.74. The number of carbonyl (C=O) groups excluding carboxylic acids is 4. The van der Waals surface area contributed by atoms with Crippen LogP contribution in [-0.4, -0.2) is 57.0 Å². The summed E-state index contributed by atoms with van der Waals surface area (Å²) >= 11 is 16.5. The molecule has 2 aromatic rings. The monoisotopic (exact) mass is 694 g/mol. The first kappa shape index (κ1) is 27.5. The molecule has 8 nitrogen and oxygen atoms in total. The number of fused-ring (bicyclic) bond motifs is 4. The van der Waals surface area contributed by atoms with Crippen LogP contribution < -0.4 is 9.64 Å². The SMILES string of the molecule is CCOc1cccc([C@H]2C3=CC[C@@H]4C(=O)N(c5ccc(I)cc5)C(=O)[C@@H]4[C@@H]3C[C@@]3(Cl)C(=O)N(C)C(=O)[C@@]23Cl)c1O. The Bertz CT molecular complexity index is 1510. The van der Waals surface area contributed by atoms with Gasteiger partial charge in [0.25, 0.3) is 11.8 Å². The number of phenolic OH excluding ortho intramolecular Hbond substituents is 1. The standard InChI is InChI=1S/C29H25Cl2IN2O6/c1-3-40-20-6-4-5-18(23(20)35)22-16-11-12-17-21(25(37)34(24(17)36)15-9-7-14(32)8-10-15)19(16)13-28(30)26(38)33(2)27(39)29(22,28)31/h4-11,17,19,21-22,35H,3,12-13H2,1-2H3/t17-,19+,21-,22+,28+,29-/m0/s1. The number of allylic oxidation sites excluding steroid dienone is 2.